The molecular weight excluding hydrogens is 476 g/mol. The molecule has 0 saturated carbocycles. The largest absolute Gasteiger partial charge is 0.478 e. The lowest BCUT2D eigenvalue weighted by atomic mass is 9.88. The third-order valence-corrected chi connectivity index (χ3v) is 7.39. The topological polar surface area (TPSA) is 82.0 Å². The van der Waals surface area contributed by atoms with Crippen LogP contribution in [0.5, 0.6) is 5.75 Å². The van der Waals surface area contributed by atoms with E-state index in [2.05, 4.69) is 22.3 Å². The number of hydrogen-bond donors (Lipinski definition) is 3. The number of nitrogens with zero attached hydrogens (tertiary/aromatic N) is 1. The van der Waals surface area contributed by atoms with Crippen LogP contribution in [-0.4, -0.2) is 41.5 Å². The number of benzene rings is 3. The van der Waals surface area contributed by atoms with Gasteiger partial charge < -0.3 is 25.2 Å². The second-order valence-electron chi connectivity index (χ2n) is 9.58. The van der Waals surface area contributed by atoms with Crippen LogP contribution in [0.15, 0.2) is 66.7 Å². The van der Waals surface area contributed by atoms with Crippen LogP contribution in [0.1, 0.15) is 52.4 Å². The van der Waals surface area contributed by atoms with Crippen LogP contribution in [0, 0.1) is 0 Å². The third kappa shape index (κ3) is 5.51. The highest BCUT2D eigenvalue weighted by molar-refractivity contribution is 6.30. The smallest absolute Gasteiger partial charge is 0.337 e. The molecule has 5 rings (SSSR count). The van der Waals surface area contributed by atoms with Crippen molar-refractivity contribution < 1.29 is 19.7 Å². The number of carboxylic acids is 1. The van der Waals surface area contributed by atoms with Crippen LogP contribution in [0.25, 0.3) is 0 Å². The van der Waals surface area contributed by atoms with E-state index >= 15 is 0 Å². The van der Waals surface area contributed by atoms with Crippen molar-refractivity contribution in [2.45, 2.75) is 50.5 Å². The molecule has 0 bridgehead atoms. The number of aliphatic hydroxyl groups excluding tert-OH is 1. The number of rotatable bonds is 8. The van der Waals surface area contributed by atoms with Crippen LogP contribution in [-0.2, 0) is 12.8 Å². The zero-order valence-corrected chi connectivity index (χ0v) is 20.8. The lowest BCUT2D eigenvalue weighted by Gasteiger charge is -2.30. The molecule has 1 unspecified atom stereocenters. The minimum absolute atomic E-state index is 0.200. The molecular formula is C29H31ClN2O4. The van der Waals surface area contributed by atoms with Crippen molar-refractivity contribution in [1.29, 1.82) is 0 Å². The Labute approximate surface area is 216 Å². The van der Waals surface area contributed by atoms with E-state index in [1.54, 1.807) is 24.3 Å². The van der Waals surface area contributed by atoms with Gasteiger partial charge in [0.05, 0.1) is 17.4 Å². The van der Waals surface area contributed by atoms with E-state index in [4.69, 9.17) is 16.3 Å². The number of hydrogen-bond acceptors (Lipinski definition) is 5. The Balaban J connectivity index is 1.24. The number of aryl methyl sites for hydroxylation is 1. The standard InChI is InChI=1S/C29H31ClN2O4/c30-22-6-3-5-20(15-22)27(33)18-31-23-12-10-19-11-13-24(17-21(19)16-23)36-28-9-4-14-32(28)26-8-2-1-7-25(26)29(34)35/h1-3,5-8,11,13,15,17,23,27-28,31,33H,4,9-10,12,14,16,18H2,(H,34,35)/t23-,27+,28?/m0/s1. The molecule has 3 atom stereocenters. The monoisotopic (exact) mass is 506 g/mol. The Hall–Kier alpha value is -3.06. The van der Waals surface area contributed by atoms with Crippen LogP contribution >= 0.6 is 11.6 Å². The molecule has 0 aromatic heterocycles. The molecule has 7 heteroatoms. The van der Waals surface area contributed by atoms with Crippen molar-refractivity contribution >= 4 is 23.3 Å². The van der Waals surface area contributed by atoms with E-state index in [1.807, 2.05) is 30.3 Å². The molecule has 2 aliphatic rings. The van der Waals surface area contributed by atoms with Crippen molar-refractivity contribution in [1.82, 2.24) is 5.32 Å². The van der Waals surface area contributed by atoms with Gasteiger partial charge in [0.15, 0.2) is 6.23 Å². The molecule has 3 aromatic carbocycles. The maximum atomic E-state index is 11.7. The minimum atomic E-state index is -0.927. The number of aliphatic hydroxyl groups is 1. The molecule has 0 spiro atoms. The average molecular weight is 507 g/mol. The average Bonchev–Trinajstić information content (AvgIpc) is 3.34. The van der Waals surface area contributed by atoms with E-state index in [0.29, 0.717) is 22.8 Å². The molecule has 36 heavy (non-hydrogen) atoms. The molecule has 1 saturated heterocycles. The summed E-state index contributed by atoms with van der Waals surface area (Å²) in [5, 5.41) is 24.3. The SMILES string of the molecule is O=C(O)c1ccccc1N1CCCC1Oc1ccc2c(c1)C[C@@H](NC[C@@H](O)c1cccc(Cl)c1)CC2. The number of nitrogens with one attached hydrogen (secondary N) is 1. The first-order chi connectivity index (χ1) is 17.5. The number of aromatic carboxylic acids is 1. The number of para-hydroxylation sites is 1. The zero-order valence-electron chi connectivity index (χ0n) is 20.1. The summed E-state index contributed by atoms with van der Waals surface area (Å²) in [5.74, 6) is -0.123. The van der Waals surface area contributed by atoms with Gasteiger partial charge in [-0.15, -0.1) is 0 Å². The van der Waals surface area contributed by atoms with E-state index in [1.165, 1.54) is 11.1 Å². The fraction of sp³-hybridized carbons (Fsp3) is 0.345. The number of carboxylic acid groups (broad SMARTS) is 1. The van der Waals surface area contributed by atoms with Crippen LogP contribution in [0.3, 0.4) is 0 Å². The van der Waals surface area contributed by atoms with Gasteiger partial charge in [-0.05, 0) is 78.8 Å². The van der Waals surface area contributed by atoms with Crippen molar-refractivity contribution in [2.75, 3.05) is 18.0 Å². The van der Waals surface area contributed by atoms with Gasteiger partial charge >= 0.3 is 5.97 Å². The maximum absolute atomic E-state index is 11.7. The van der Waals surface area contributed by atoms with Crippen LogP contribution < -0.4 is 15.0 Å². The summed E-state index contributed by atoms with van der Waals surface area (Å²) in [5.41, 5.74) is 4.40. The predicted octanol–water partition coefficient (Wildman–Crippen LogP) is 5.22. The summed E-state index contributed by atoms with van der Waals surface area (Å²) in [6.45, 7) is 1.23. The summed E-state index contributed by atoms with van der Waals surface area (Å²) < 4.78 is 6.41. The Morgan fingerprint density at radius 1 is 1.08 bits per heavy atom. The predicted molar refractivity (Wildman–Crippen MR) is 141 cm³/mol. The fourth-order valence-corrected chi connectivity index (χ4v) is 5.49. The van der Waals surface area contributed by atoms with E-state index in [9.17, 15) is 15.0 Å². The molecule has 1 aliphatic heterocycles. The lowest BCUT2D eigenvalue weighted by Crippen LogP contribution is -2.37. The summed E-state index contributed by atoms with van der Waals surface area (Å²) in [7, 11) is 0. The van der Waals surface area contributed by atoms with Crippen molar-refractivity contribution in [3.63, 3.8) is 0 Å². The Morgan fingerprint density at radius 3 is 2.78 bits per heavy atom. The molecule has 1 aliphatic carbocycles. The molecule has 3 N–H and O–H groups in total. The van der Waals surface area contributed by atoms with Gasteiger partial charge in [-0.3, -0.25) is 0 Å². The minimum Gasteiger partial charge on any atom is -0.478 e. The quantitative estimate of drug-likeness (QED) is 0.388. The zero-order chi connectivity index (χ0) is 25.1. The normalized spacial score (nSPS) is 20.1. The highest BCUT2D eigenvalue weighted by atomic mass is 35.5. The molecule has 3 aromatic rings. The molecule has 0 radical (unpaired) electrons. The van der Waals surface area contributed by atoms with Crippen LogP contribution in [0.2, 0.25) is 5.02 Å². The van der Waals surface area contributed by atoms with Gasteiger partial charge in [0, 0.05) is 30.6 Å². The first kappa shape index (κ1) is 24.6. The van der Waals surface area contributed by atoms with Crippen molar-refractivity contribution in [3.05, 3.63) is 94.0 Å². The van der Waals surface area contributed by atoms with E-state index < -0.39 is 12.1 Å². The van der Waals surface area contributed by atoms with Gasteiger partial charge in [0.2, 0.25) is 0 Å². The van der Waals surface area contributed by atoms with E-state index in [-0.39, 0.29) is 12.3 Å². The summed E-state index contributed by atoms with van der Waals surface area (Å²) in [4.78, 5) is 13.8. The second kappa shape index (κ2) is 10.9. The first-order valence-corrected chi connectivity index (χ1v) is 12.9. The summed E-state index contributed by atoms with van der Waals surface area (Å²) in [6, 6.07) is 21.0. The highest BCUT2D eigenvalue weighted by Crippen LogP contribution is 2.32. The van der Waals surface area contributed by atoms with Crippen molar-refractivity contribution in [3.8, 4) is 5.75 Å². The summed E-state index contributed by atoms with van der Waals surface area (Å²) in [6.07, 6.45) is 3.84. The number of fused-ring (bicyclic) bond motifs is 1. The molecule has 0 amide bonds. The first-order valence-electron chi connectivity index (χ1n) is 12.5. The lowest BCUT2D eigenvalue weighted by molar-refractivity contribution is 0.0697. The molecule has 6 nitrogen and oxygen atoms in total. The second-order valence-corrected chi connectivity index (χ2v) is 10.0. The molecule has 1 fully saturated rings. The van der Waals surface area contributed by atoms with Crippen LogP contribution in [0.4, 0.5) is 5.69 Å². The van der Waals surface area contributed by atoms with Gasteiger partial charge in [-0.1, -0.05) is 41.9 Å². The molecule has 188 valence electrons. The molecule has 1 heterocycles. The Morgan fingerprint density at radius 2 is 1.94 bits per heavy atom. The van der Waals surface area contributed by atoms with E-state index in [0.717, 1.165) is 50.0 Å². The highest BCUT2D eigenvalue weighted by Gasteiger charge is 2.29. The number of halogens is 1. The maximum Gasteiger partial charge on any atom is 0.337 e. The summed E-state index contributed by atoms with van der Waals surface area (Å²) >= 11 is 6.06. The Bertz CT molecular complexity index is 1230. The van der Waals surface area contributed by atoms with Gasteiger partial charge in [-0.2, -0.15) is 0 Å². The number of ether oxygens (including phenoxy) is 1. The number of carbonyl (C=O) groups is 1. The fourth-order valence-electron chi connectivity index (χ4n) is 5.29. The van der Waals surface area contributed by atoms with Gasteiger partial charge in [-0.25, -0.2) is 4.79 Å². The Kier molecular flexibility index (Phi) is 7.46. The number of anilines is 1. The van der Waals surface area contributed by atoms with Crippen molar-refractivity contribution in [2.24, 2.45) is 0 Å². The van der Waals surface area contributed by atoms with Gasteiger partial charge in [0.25, 0.3) is 0 Å². The third-order valence-electron chi connectivity index (χ3n) is 7.15. The van der Waals surface area contributed by atoms with Gasteiger partial charge in [0.1, 0.15) is 5.75 Å².